The van der Waals surface area contributed by atoms with Crippen LogP contribution in [0.2, 0.25) is 0 Å². The van der Waals surface area contributed by atoms with Gasteiger partial charge in [0, 0.05) is 6.42 Å². The summed E-state index contributed by atoms with van der Waals surface area (Å²) in [5, 5.41) is 18.5. The Morgan fingerprint density at radius 3 is 1.47 bits per heavy atom. The smallest absolute Gasteiger partial charge is 0.355 e. The number of hydrogen-bond acceptors (Lipinski definition) is 5. The van der Waals surface area contributed by atoms with E-state index in [4.69, 9.17) is 4.74 Å². The molecule has 6 heteroatoms. The minimum Gasteiger partial charge on any atom is -0.478 e. The third-order valence-electron chi connectivity index (χ3n) is 5.56. The quantitative estimate of drug-likeness (QED) is 0.149. The Kier molecular flexibility index (Phi) is 16.4. The van der Waals surface area contributed by atoms with E-state index in [1.54, 1.807) is 0 Å². The second-order valence-electron chi connectivity index (χ2n) is 8.55. The van der Waals surface area contributed by atoms with Crippen LogP contribution in [0.5, 0.6) is 0 Å². The molecule has 0 aromatic heterocycles. The van der Waals surface area contributed by atoms with Gasteiger partial charge in [-0.15, -0.1) is 0 Å². The van der Waals surface area contributed by atoms with E-state index in [1.807, 2.05) is 0 Å². The van der Waals surface area contributed by atoms with Gasteiger partial charge in [0.05, 0.1) is 0 Å². The largest absolute Gasteiger partial charge is 0.478 e. The van der Waals surface area contributed by atoms with Crippen molar-refractivity contribution in [2.75, 3.05) is 0 Å². The second kappa shape index (κ2) is 17.3. The molecule has 0 saturated carbocycles. The number of carbonyl (C=O) groups is 3. The van der Waals surface area contributed by atoms with Crippen molar-refractivity contribution in [2.45, 2.75) is 135 Å². The van der Waals surface area contributed by atoms with Crippen LogP contribution in [0.15, 0.2) is 0 Å². The number of rotatable bonds is 20. The molecule has 0 spiro atoms. The first-order valence-corrected chi connectivity index (χ1v) is 11.9. The Morgan fingerprint density at radius 1 is 0.767 bits per heavy atom. The van der Waals surface area contributed by atoms with Crippen molar-refractivity contribution in [3.8, 4) is 0 Å². The molecule has 30 heavy (non-hydrogen) atoms. The van der Waals surface area contributed by atoms with Crippen LogP contribution in [-0.2, 0) is 19.1 Å². The maximum atomic E-state index is 11.9. The Morgan fingerprint density at radius 2 is 1.13 bits per heavy atom. The van der Waals surface area contributed by atoms with Crippen LogP contribution in [0.25, 0.3) is 0 Å². The number of aliphatic hydroxyl groups is 1. The zero-order valence-electron chi connectivity index (χ0n) is 19.4. The Hall–Kier alpha value is -1.43. The van der Waals surface area contributed by atoms with Crippen LogP contribution in [0.1, 0.15) is 124 Å². The van der Waals surface area contributed by atoms with E-state index in [9.17, 15) is 24.6 Å². The van der Waals surface area contributed by atoms with Gasteiger partial charge in [-0.2, -0.15) is 0 Å². The monoisotopic (exact) mass is 428 g/mol. The molecule has 0 saturated heterocycles. The molecule has 0 radical (unpaired) electrons. The van der Waals surface area contributed by atoms with Crippen LogP contribution in [0.4, 0.5) is 0 Å². The molecule has 2 N–H and O–H groups in total. The molecule has 2 atom stereocenters. The van der Waals surface area contributed by atoms with Crippen molar-refractivity contribution >= 4 is 17.7 Å². The number of ketones is 1. The van der Waals surface area contributed by atoms with Crippen LogP contribution in [-0.4, -0.2) is 39.6 Å². The molecule has 0 rings (SSSR count). The fourth-order valence-corrected chi connectivity index (χ4v) is 3.52. The van der Waals surface area contributed by atoms with Gasteiger partial charge in [0.25, 0.3) is 5.60 Å². The first-order chi connectivity index (χ1) is 14.3. The number of ether oxygens (including phenoxy) is 1. The molecule has 0 aliphatic rings. The van der Waals surface area contributed by atoms with E-state index in [2.05, 4.69) is 6.92 Å². The Balaban J connectivity index is 3.67. The Bertz CT molecular complexity index is 488. The first-order valence-electron chi connectivity index (χ1n) is 11.9. The lowest BCUT2D eigenvalue weighted by Gasteiger charge is -2.24. The minimum atomic E-state index is -2.33. The highest BCUT2D eigenvalue weighted by atomic mass is 16.6. The van der Waals surface area contributed by atoms with Gasteiger partial charge in [-0.3, -0.25) is 9.59 Å². The molecule has 0 aliphatic heterocycles. The number of carboxylic acids is 1. The standard InChI is InChI=1S/C24H44O6/c1-4-5-6-7-8-9-10-11-12-13-14-15-16-17-18-19-21(26)30-24(3,23(28)29)22(27)20(2)25/h20,25H,4-19H2,1-3H3,(H,28,29). The molecule has 0 amide bonds. The van der Waals surface area contributed by atoms with E-state index in [1.165, 1.54) is 70.6 Å². The van der Waals surface area contributed by atoms with Gasteiger partial charge < -0.3 is 14.9 Å². The summed E-state index contributed by atoms with van der Waals surface area (Å²) in [6, 6.07) is 0. The van der Waals surface area contributed by atoms with Gasteiger partial charge >= 0.3 is 11.9 Å². The van der Waals surface area contributed by atoms with Crippen LogP contribution < -0.4 is 0 Å². The number of aliphatic hydroxyl groups excluding tert-OH is 1. The van der Waals surface area contributed by atoms with E-state index in [0.717, 1.165) is 33.1 Å². The fraction of sp³-hybridized carbons (Fsp3) is 0.875. The Labute approximate surface area is 182 Å². The zero-order valence-corrected chi connectivity index (χ0v) is 19.4. The van der Waals surface area contributed by atoms with Gasteiger partial charge in [0.1, 0.15) is 6.10 Å². The fourth-order valence-electron chi connectivity index (χ4n) is 3.52. The van der Waals surface area contributed by atoms with Gasteiger partial charge in [-0.25, -0.2) is 4.79 Å². The molecule has 0 aliphatic carbocycles. The summed E-state index contributed by atoms with van der Waals surface area (Å²) in [4.78, 5) is 35.1. The SMILES string of the molecule is CCCCCCCCCCCCCCCCCC(=O)OC(C)(C(=O)O)C(=O)C(C)O. The lowest BCUT2D eigenvalue weighted by molar-refractivity contribution is -0.183. The first kappa shape index (κ1) is 28.6. The summed E-state index contributed by atoms with van der Waals surface area (Å²) < 4.78 is 4.89. The summed E-state index contributed by atoms with van der Waals surface area (Å²) in [5.74, 6) is -3.32. The predicted molar refractivity (Wildman–Crippen MR) is 118 cm³/mol. The summed E-state index contributed by atoms with van der Waals surface area (Å²) >= 11 is 0. The van der Waals surface area contributed by atoms with Crippen molar-refractivity contribution in [1.29, 1.82) is 0 Å². The number of Topliss-reactive ketones (excluding diaryl/α,β-unsaturated/α-hetero) is 1. The van der Waals surface area contributed by atoms with Crippen molar-refractivity contribution in [2.24, 2.45) is 0 Å². The highest BCUT2D eigenvalue weighted by Crippen LogP contribution is 2.18. The zero-order chi connectivity index (χ0) is 22.8. The third kappa shape index (κ3) is 13.0. The summed E-state index contributed by atoms with van der Waals surface area (Å²) in [7, 11) is 0. The number of hydrogen-bond donors (Lipinski definition) is 2. The average Bonchev–Trinajstić information content (AvgIpc) is 2.69. The van der Waals surface area contributed by atoms with Gasteiger partial charge in [0.15, 0.2) is 0 Å². The molecule has 0 aromatic rings. The second-order valence-corrected chi connectivity index (χ2v) is 8.55. The highest BCUT2D eigenvalue weighted by molar-refractivity contribution is 6.09. The molecule has 2 unspecified atom stereocenters. The topological polar surface area (TPSA) is 101 Å². The summed E-state index contributed by atoms with van der Waals surface area (Å²) in [6.07, 6.45) is 16.8. The van der Waals surface area contributed by atoms with Gasteiger partial charge in [-0.1, -0.05) is 96.8 Å². The summed E-state index contributed by atoms with van der Waals surface area (Å²) in [6.45, 7) is 4.41. The maximum absolute atomic E-state index is 11.9. The number of unbranched alkanes of at least 4 members (excludes halogenated alkanes) is 14. The maximum Gasteiger partial charge on any atom is 0.355 e. The van der Waals surface area contributed by atoms with Gasteiger partial charge in [-0.05, 0) is 20.3 Å². The van der Waals surface area contributed by atoms with Crippen molar-refractivity contribution in [3.63, 3.8) is 0 Å². The van der Waals surface area contributed by atoms with E-state index < -0.39 is 29.4 Å². The lowest BCUT2D eigenvalue weighted by Crippen LogP contribution is -2.51. The minimum absolute atomic E-state index is 0.0776. The van der Waals surface area contributed by atoms with E-state index in [-0.39, 0.29) is 6.42 Å². The molecular formula is C24H44O6. The van der Waals surface area contributed by atoms with E-state index in [0.29, 0.717) is 6.42 Å². The molecule has 0 aromatic carbocycles. The molecule has 6 nitrogen and oxygen atoms in total. The predicted octanol–water partition coefficient (Wildman–Crippen LogP) is 5.58. The number of carboxylic acid groups (broad SMARTS) is 1. The molecule has 0 heterocycles. The van der Waals surface area contributed by atoms with Crippen molar-refractivity contribution in [1.82, 2.24) is 0 Å². The lowest BCUT2D eigenvalue weighted by atomic mass is 9.97. The summed E-state index contributed by atoms with van der Waals surface area (Å²) in [5.41, 5.74) is -2.33. The van der Waals surface area contributed by atoms with Crippen LogP contribution in [0.3, 0.4) is 0 Å². The van der Waals surface area contributed by atoms with E-state index >= 15 is 0 Å². The number of esters is 1. The molecule has 176 valence electrons. The average molecular weight is 429 g/mol. The van der Waals surface area contributed by atoms with Crippen molar-refractivity contribution < 1.29 is 29.3 Å². The van der Waals surface area contributed by atoms with Gasteiger partial charge in [0.2, 0.25) is 5.78 Å². The number of carbonyl (C=O) groups excluding carboxylic acids is 2. The highest BCUT2D eigenvalue weighted by Gasteiger charge is 2.46. The number of aliphatic carboxylic acids is 1. The normalized spacial score (nSPS) is 14.1. The van der Waals surface area contributed by atoms with Crippen molar-refractivity contribution in [3.05, 3.63) is 0 Å². The molecule has 0 bridgehead atoms. The molecular weight excluding hydrogens is 384 g/mol. The molecule has 0 fully saturated rings. The van der Waals surface area contributed by atoms with Crippen LogP contribution >= 0.6 is 0 Å². The third-order valence-corrected chi connectivity index (χ3v) is 5.56. The van der Waals surface area contributed by atoms with Crippen LogP contribution in [0, 0.1) is 0 Å².